The molecule has 0 saturated heterocycles. The lowest BCUT2D eigenvalue weighted by atomic mass is 10.1. The Morgan fingerprint density at radius 3 is 2.54 bits per heavy atom. The molecular formula is C8H7F2NO2. The van der Waals surface area contributed by atoms with Crippen LogP contribution in [0.4, 0.5) is 8.78 Å². The highest BCUT2D eigenvalue weighted by Gasteiger charge is 2.12. The Balaban J connectivity index is 3.30. The Bertz CT molecular complexity index is 352. The fraction of sp³-hybridized carbons (Fsp3) is 0.125. The highest BCUT2D eigenvalue weighted by Crippen LogP contribution is 2.14. The van der Waals surface area contributed by atoms with Crippen LogP contribution in [0.15, 0.2) is 12.1 Å². The predicted molar refractivity (Wildman–Crippen MR) is 41.2 cm³/mol. The number of hydrogen-bond acceptors (Lipinski definition) is 2. The molecule has 0 amide bonds. The smallest absolute Gasteiger partial charge is 0.335 e. The minimum atomic E-state index is -1.31. The molecule has 0 atom stereocenters. The topological polar surface area (TPSA) is 63.3 Å². The summed E-state index contributed by atoms with van der Waals surface area (Å²) in [6.45, 7) is -0.232. The van der Waals surface area contributed by atoms with E-state index in [0.29, 0.717) is 6.07 Å². The molecule has 0 aliphatic carbocycles. The molecule has 0 unspecified atom stereocenters. The average molecular weight is 187 g/mol. The number of nitrogens with two attached hydrogens (primary N) is 1. The van der Waals surface area contributed by atoms with E-state index in [2.05, 4.69) is 0 Å². The van der Waals surface area contributed by atoms with Gasteiger partial charge in [0.25, 0.3) is 0 Å². The van der Waals surface area contributed by atoms with Gasteiger partial charge in [-0.15, -0.1) is 0 Å². The first kappa shape index (κ1) is 9.60. The maximum absolute atomic E-state index is 12.8. The summed E-state index contributed by atoms with van der Waals surface area (Å²) < 4.78 is 25.5. The Hall–Kier alpha value is -1.49. The van der Waals surface area contributed by atoms with Crippen LogP contribution in [-0.4, -0.2) is 11.1 Å². The summed E-state index contributed by atoms with van der Waals surface area (Å²) in [5, 5.41) is 8.49. The molecule has 3 N–H and O–H groups in total. The van der Waals surface area contributed by atoms with E-state index in [0.717, 1.165) is 6.07 Å². The third-order valence-corrected chi connectivity index (χ3v) is 1.57. The summed E-state index contributed by atoms with van der Waals surface area (Å²) in [5.74, 6) is -3.60. The standard InChI is InChI=1S/C8H7F2NO2/c9-6-2-4(8(12)13)1-5(3-11)7(6)10/h1-2H,3,11H2,(H,12,13). The Morgan fingerprint density at radius 2 is 2.08 bits per heavy atom. The largest absolute Gasteiger partial charge is 0.478 e. The van der Waals surface area contributed by atoms with Gasteiger partial charge in [-0.05, 0) is 12.1 Å². The molecule has 0 fully saturated rings. The predicted octanol–water partition coefficient (Wildman–Crippen LogP) is 1.12. The summed E-state index contributed by atoms with van der Waals surface area (Å²) in [5.41, 5.74) is 4.64. The molecule has 1 aromatic rings. The molecule has 1 aromatic carbocycles. The van der Waals surface area contributed by atoms with Crippen LogP contribution in [0, 0.1) is 11.6 Å². The van der Waals surface area contributed by atoms with Crippen molar-refractivity contribution in [2.75, 3.05) is 0 Å². The van der Waals surface area contributed by atoms with Crippen LogP contribution >= 0.6 is 0 Å². The summed E-state index contributed by atoms with van der Waals surface area (Å²) in [7, 11) is 0. The zero-order valence-corrected chi connectivity index (χ0v) is 6.55. The molecule has 5 heteroatoms. The van der Waals surface area contributed by atoms with Crippen LogP contribution < -0.4 is 5.73 Å². The second-order valence-corrected chi connectivity index (χ2v) is 2.44. The van der Waals surface area contributed by atoms with Crippen molar-refractivity contribution in [3.63, 3.8) is 0 Å². The van der Waals surface area contributed by atoms with Gasteiger partial charge in [-0.25, -0.2) is 13.6 Å². The lowest BCUT2D eigenvalue weighted by Gasteiger charge is -2.02. The molecule has 0 saturated carbocycles. The van der Waals surface area contributed by atoms with Crippen LogP contribution in [0.25, 0.3) is 0 Å². The Labute approximate surface area is 72.8 Å². The molecule has 0 aliphatic heterocycles. The fourth-order valence-electron chi connectivity index (χ4n) is 0.918. The van der Waals surface area contributed by atoms with Crippen molar-refractivity contribution in [3.8, 4) is 0 Å². The van der Waals surface area contributed by atoms with E-state index in [-0.39, 0.29) is 17.7 Å². The molecule has 0 heterocycles. The van der Waals surface area contributed by atoms with Crippen molar-refractivity contribution in [1.82, 2.24) is 0 Å². The Morgan fingerprint density at radius 1 is 1.46 bits per heavy atom. The van der Waals surface area contributed by atoms with Gasteiger partial charge >= 0.3 is 5.97 Å². The van der Waals surface area contributed by atoms with Gasteiger partial charge in [0.15, 0.2) is 11.6 Å². The van der Waals surface area contributed by atoms with E-state index >= 15 is 0 Å². The molecule has 0 radical (unpaired) electrons. The molecule has 0 spiro atoms. The van der Waals surface area contributed by atoms with Crippen LogP contribution in [-0.2, 0) is 6.54 Å². The number of hydrogen-bond donors (Lipinski definition) is 2. The van der Waals surface area contributed by atoms with E-state index in [1.807, 2.05) is 0 Å². The van der Waals surface area contributed by atoms with Gasteiger partial charge in [0, 0.05) is 12.1 Å². The van der Waals surface area contributed by atoms with Gasteiger partial charge in [0.05, 0.1) is 5.56 Å². The number of carboxylic acids is 1. The van der Waals surface area contributed by atoms with Crippen molar-refractivity contribution in [1.29, 1.82) is 0 Å². The molecular weight excluding hydrogens is 180 g/mol. The lowest BCUT2D eigenvalue weighted by Crippen LogP contribution is -2.06. The van der Waals surface area contributed by atoms with Gasteiger partial charge in [0.2, 0.25) is 0 Å². The van der Waals surface area contributed by atoms with E-state index in [1.165, 1.54) is 0 Å². The van der Waals surface area contributed by atoms with Gasteiger partial charge < -0.3 is 10.8 Å². The van der Waals surface area contributed by atoms with Crippen molar-refractivity contribution in [2.45, 2.75) is 6.54 Å². The highest BCUT2D eigenvalue weighted by atomic mass is 19.2. The van der Waals surface area contributed by atoms with E-state index in [9.17, 15) is 13.6 Å². The summed E-state index contributed by atoms with van der Waals surface area (Å²) in [6.07, 6.45) is 0. The molecule has 3 nitrogen and oxygen atoms in total. The van der Waals surface area contributed by atoms with Crippen LogP contribution in [0.1, 0.15) is 15.9 Å². The maximum Gasteiger partial charge on any atom is 0.335 e. The minimum Gasteiger partial charge on any atom is -0.478 e. The average Bonchev–Trinajstić information content (AvgIpc) is 2.09. The normalized spacial score (nSPS) is 10.1. The van der Waals surface area contributed by atoms with Crippen molar-refractivity contribution in [2.24, 2.45) is 5.73 Å². The third-order valence-electron chi connectivity index (χ3n) is 1.57. The maximum atomic E-state index is 12.8. The second kappa shape index (κ2) is 3.49. The van der Waals surface area contributed by atoms with Crippen LogP contribution in [0.5, 0.6) is 0 Å². The van der Waals surface area contributed by atoms with E-state index in [4.69, 9.17) is 10.8 Å². The first-order chi connectivity index (χ1) is 6.06. The molecule has 0 aromatic heterocycles. The highest BCUT2D eigenvalue weighted by molar-refractivity contribution is 5.87. The number of carboxylic acid groups (broad SMARTS) is 1. The minimum absolute atomic E-state index is 0.141. The summed E-state index contributed by atoms with van der Waals surface area (Å²) in [4.78, 5) is 10.4. The van der Waals surface area contributed by atoms with Crippen molar-refractivity contribution in [3.05, 3.63) is 34.9 Å². The fourth-order valence-corrected chi connectivity index (χ4v) is 0.918. The summed E-state index contributed by atoms with van der Waals surface area (Å²) in [6, 6.07) is 1.64. The van der Waals surface area contributed by atoms with Crippen LogP contribution in [0.3, 0.4) is 0 Å². The molecule has 0 aliphatic rings. The molecule has 1 rings (SSSR count). The second-order valence-electron chi connectivity index (χ2n) is 2.44. The molecule has 70 valence electrons. The zero-order valence-electron chi connectivity index (χ0n) is 6.55. The van der Waals surface area contributed by atoms with Gasteiger partial charge in [-0.3, -0.25) is 0 Å². The number of rotatable bonds is 2. The van der Waals surface area contributed by atoms with Gasteiger partial charge in [-0.2, -0.15) is 0 Å². The van der Waals surface area contributed by atoms with Crippen molar-refractivity contribution >= 4 is 5.97 Å². The SMILES string of the molecule is NCc1cc(C(=O)O)cc(F)c1F. The lowest BCUT2D eigenvalue weighted by molar-refractivity contribution is 0.0696. The zero-order chi connectivity index (χ0) is 10.0. The van der Waals surface area contributed by atoms with Gasteiger partial charge in [0.1, 0.15) is 0 Å². The Kier molecular flexibility index (Phi) is 2.57. The quantitative estimate of drug-likeness (QED) is 0.729. The number of carbonyl (C=O) groups is 1. The monoisotopic (exact) mass is 187 g/mol. The molecule has 13 heavy (non-hydrogen) atoms. The van der Waals surface area contributed by atoms with Gasteiger partial charge in [-0.1, -0.05) is 0 Å². The van der Waals surface area contributed by atoms with Crippen LogP contribution in [0.2, 0.25) is 0 Å². The van der Waals surface area contributed by atoms with Crippen molar-refractivity contribution < 1.29 is 18.7 Å². The third kappa shape index (κ3) is 1.81. The number of aromatic carboxylic acids is 1. The van der Waals surface area contributed by atoms with E-state index in [1.54, 1.807) is 0 Å². The first-order valence-corrected chi connectivity index (χ1v) is 3.47. The number of halogens is 2. The summed E-state index contributed by atoms with van der Waals surface area (Å²) >= 11 is 0. The number of benzene rings is 1. The van der Waals surface area contributed by atoms with E-state index < -0.39 is 17.6 Å². The molecule has 0 bridgehead atoms. The first-order valence-electron chi connectivity index (χ1n) is 3.47.